The van der Waals surface area contributed by atoms with Crippen molar-refractivity contribution in [3.05, 3.63) is 0 Å². The molecule has 0 unspecified atom stereocenters. The number of unbranched alkanes of at least 4 members (excludes halogenated alkanes) is 1. The van der Waals surface area contributed by atoms with E-state index in [-0.39, 0.29) is 12.3 Å². The van der Waals surface area contributed by atoms with Gasteiger partial charge in [0.1, 0.15) is 0 Å². The summed E-state index contributed by atoms with van der Waals surface area (Å²) >= 11 is 0. The Bertz CT molecular complexity index is 180. The molecule has 0 aliphatic heterocycles. The SMILES string of the molecule is CCCCC(=O)N(C)CCC([NH])=O. The summed E-state index contributed by atoms with van der Waals surface area (Å²) in [6, 6.07) is 0. The minimum absolute atomic E-state index is 0.0584. The summed E-state index contributed by atoms with van der Waals surface area (Å²) in [5.41, 5.74) is 6.67. The van der Waals surface area contributed by atoms with Crippen molar-refractivity contribution in [3.63, 3.8) is 0 Å². The van der Waals surface area contributed by atoms with E-state index >= 15 is 0 Å². The molecule has 0 aromatic carbocycles. The van der Waals surface area contributed by atoms with E-state index in [0.29, 0.717) is 13.0 Å². The lowest BCUT2D eigenvalue weighted by molar-refractivity contribution is -0.130. The maximum absolute atomic E-state index is 11.3. The molecule has 0 aromatic heterocycles. The highest BCUT2D eigenvalue weighted by Crippen LogP contribution is 1.99. The fourth-order valence-electron chi connectivity index (χ4n) is 0.913. The number of hydrogen-bond donors (Lipinski definition) is 0. The van der Waals surface area contributed by atoms with Crippen molar-refractivity contribution >= 4 is 11.8 Å². The number of carbonyl (C=O) groups is 2. The quantitative estimate of drug-likeness (QED) is 0.615. The molecule has 2 amide bonds. The number of hydrogen-bond acceptors (Lipinski definition) is 2. The van der Waals surface area contributed by atoms with E-state index in [4.69, 9.17) is 5.73 Å². The monoisotopic (exact) mass is 185 g/mol. The first-order valence-electron chi connectivity index (χ1n) is 4.56. The van der Waals surface area contributed by atoms with Crippen LogP contribution in [-0.4, -0.2) is 30.3 Å². The standard InChI is InChI=1S/C9H17N2O2/c1-3-4-5-9(13)11(2)7-6-8(10)12/h10H,3-7H2,1-2H3. The fraction of sp³-hybridized carbons (Fsp3) is 0.778. The smallest absolute Gasteiger partial charge is 0.240 e. The van der Waals surface area contributed by atoms with Gasteiger partial charge in [0.15, 0.2) is 0 Å². The molecule has 1 radical (unpaired) electrons. The molecule has 0 saturated heterocycles. The second-order valence-corrected chi connectivity index (χ2v) is 3.09. The number of amides is 2. The van der Waals surface area contributed by atoms with Gasteiger partial charge in [-0.25, -0.2) is 0 Å². The van der Waals surface area contributed by atoms with Gasteiger partial charge in [-0.3, -0.25) is 15.3 Å². The molecule has 4 nitrogen and oxygen atoms in total. The zero-order valence-electron chi connectivity index (χ0n) is 8.30. The van der Waals surface area contributed by atoms with E-state index in [0.717, 1.165) is 12.8 Å². The first-order chi connectivity index (χ1) is 6.07. The molecule has 0 aliphatic carbocycles. The predicted octanol–water partition coefficient (Wildman–Crippen LogP) is 0.835. The Morgan fingerprint density at radius 1 is 1.31 bits per heavy atom. The molecule has 1 N–H and O–H groups in total. The van der Waals surface area contributed by atoms with Gasteiger partial charge in [-0.05, 0) is 6.42 Å². The van der Waals surface area contributed by atoms with Gasteiger partial charge in [-0.2, -0.15) is 0 Å². The van der Waals surface area contributed by atoms with Gasteiger partial charge in [-0.15, -0.1) is 0 Å². The Labute approximate surface area is 79.1 Å². The van der Waals surface area contributed by atoms with Crippen molar-refractivity contribution < 1.29 is 9.59 Å². The summed E-state index contributed by atoms with van der Waals surface area (Å²) in [5, 5.41) is 0. The van der Waals surface area contributed by atoms with Crippen molar-refractivity contribution in [1.82, 2.24) is 10.6 Å². The van der Waals surface area contributed by atoms with E-state index < -0.39 is 5.91 Å². The molecular weight excluding hydrogens is 168 g/mol. The molecule has 75 valence electrons. The van der Waals surface area contributed by atoms with Gasteiger partial charge in [0.2, 0.25) is 11.8 Å². The van der Waals surface area contributed by atoms with Crippen molar-refractivity contribution in [2.45, 2.75) is 32.6 Å². The lowest BCUT2D eigenvalue weighted by atomic mass is 10.2. The highest BCUT2D eigenvalue weighted by molar-refractivity contribution is 5.77. The zero-order chi connectivity index (χ0) is 10.3. The average Bonchev–Trinajstić information content (AvgIpc) is 2.10. The molecule has 0 rings (SSSR count). The molecule has 0 aliphatic rings. The van der Waals surface area contributed by atoms with Gasteiger partial charge in [-0.1, -0.05) is 13.3 Å². The topological polar surface area (TPSA) is 61.2 Å². The van der Waals surface area contributed by atoms with Crippen LogP contribution in [-0.2, 0) is 9.59 Å². The molecule has 0 fully saturated rings. The molecule has 13 heavy (non-hydrogen) atoms. The predicted molar refractivity (Wildman–Crippen MR) is 49.9 cm³/mol. The Morgan fingerprint density at radius 3 is 2.38 bits per heavy atom. The summed E-state index contributed by atoms with van der Waals surface area (Å²) in [6.45, 7) is 2.39. The Kier molecular flexibility index (Phi) is 5.93. The van der Waals surface area contributed by atoms with Crippen LogP contribution in [0.15, 0.2) is 0 Å². The third-order valence-electron chi connectivity index (χ3n) is 1.84. The third kappa shape index (κ3) is 6.13. The van der Waals surface area contributed by atoms with Crippen LogP contribution in [0.4, 0.5) is 0 Å². The van der Waals surface area contributed by atoms with Gasteiger partial charge in [0, 0.05) is 26.4 Å². The molecule has 0 aromatic rings. The number of nitrogens with zero attached hydrogens (tertiary/aromatic N) is 1. The van der Waals surface area contributed by atoms with Crippen LogP contribution in [0.1, 0.15) is 32.6 Å². The Balaban J connectivity index is 3.62. The van der Waals surface area contributed by atoms with Crippen LogP contribution < -0.4 is 5.73 Å². The summed E-state index contributed by atoms with van der Waals surface area (Å²) in [7, 11) is 1.67. The van der Waals surface area contributed by atoms with E-state index in [2.05, 4.69) is 0 Å². The van der Waals surface area contributed by atoms with Crippen LogP contribution in [0.25, 0.3) is 0 Å². The van der Waals surface area contributed by atoms with Gasteiger partial charge in [0.25, 0.3) is 0 Å². The molecule has 0 saturated carbocycles. The first kappa shape index (κ1) is 11.9. The van der Waals surface area contributed by atoms with Crippen molar-refractivity contribution in [2.24, 2.45) is 0 Å². The van der Waals surface area contributed by atoms with Crippen LogP contribution >= 0.6 is 0 Å². The minimum Gasteiger partial charge on any atom is -0.345 e. The van der Waals surface area contributed by atoms with Crippen LogP contribution in [0.2, 0.25) is 0 Å². The molecule has 4 heteroatoms. The number of nitrogens with one attached hydrogen (secondary N) is 1. The van der Waals surface area contributed by atoms with E-state index in [1.54, 1.807) is 7.05 Å². The molecular formula is C9H17N2O2. The normalized spacial score (nSPS) is 9.69. The second-order valence-electron chi connectivity index (χ2n) is 3.09. The highest BCUT2D eigenvalue weighted by Gasteiger charge is 2.08. The Morgan fingerprint density at radius 2 is 1.92 bits per heavy atom. The third-order valence-corrected chi connectivity index (χ3v) is 1.84. The van der Waals surface area contributed by atoms with E-state index in [9.17, 15) is 9.59 Å². The Hall–Kier alpha value is -1.06. The molecule has 0 atom stereocenters. The van der Waals surface area contributed by atoms with E-state index in [1.165, 1.54) is 4.90 Å². The van der Waals surface area contributed by atoms with Crippen molar-refractivity contribution in [3.8, 4) is 0 Å². The molecule has 0 heterocycles. The molecule has 0 spiro atoms. The largest absolute Gasteiger partial charge is 0.345 e. The van der Waals surface area contributed by atoms with Crippen LogP contribution in [0, 0.1) is 0 Å². The number of carbonyl (C=O) groups excluding carboxylic acids is 2. The summed E-state index contributed by atoms with van der Waals surface area (Å²) in [4.78, 5) is 23.1. The van der Waals surface area contributed by atoms with Crippen LogP contribution in [0.5, 0.6) is 0 Å². The van der Waals surface area contributed by atoms with Crippen LogP contribution in [0.3, 0.4) is 0 Å². The van der Waals surface area contributed by atoms with Gasteiger partial charge in [0.05, 0.1) is 0 Å². The van der Waals surface area contributed by atoms with Crippen molar-refractivity contribution in [2.75, 3.05) is 13.6 Å². The minimum atomic E-state index is -0.616. The van der Waals surface area contributed by atoms with Gasteiger partial charge < -0.3 is 4.90 Å². The van der Waals surface area contributed by atoms with Gasteiger partial charge >= 0.3 is 0 Å². The average molecular weight is 185 g/mol. The second kappa shape index (κ2) is 6.46. The fourth-order valence-corrected chi connectivity index (χ4v) is 0.913. The maximum atomic E-state index is 11.3. The summed E-state index contributed by atoms with van der Waals surface area (Å²) < 4.78 is 0. The van der Waals surface area contributed by atoms with E-state index in [1.807, 2.05) is 6.92 Å². The summed E-state index contributed by atoms with van der Waals surface area (Å²) in [6.07, 6.45) is 2.56. The molecule has 0 bridgehead atoms. The summed E-state index contributed by atoms with van der Waals surface area (Å²) in [5.74, 6) is -0.557. The van der Waals surface area contributed by atoms with Crippen molar-refractivity contribution in [1.29, 1.82) is 0 Å². The maximum Gasteiger partial charge on any atom is 0.240 e. The lowest BCUT2D eigenvalue weighted by Gasteiger charge is -2.15. The zero-order valence-corrected chi connectivity index (χ0v) is 8.30. The lowest BCUT2D eigenvalue weighted by Crippen LogP contribution is -2.28. The number of rotatable bonds is 6. The highest BCUT2D eigenvalue weighted by atomic mass is 16.2. The first-order valence-corrected chi connectivity index (χ1v) is 4.56.